The lowest BCUT2D eigenvalue weighted by Crippen LogP contribution is -2.41. The fourth-order valence-electron chi connectivity index (χ4n) is 1.99. The van der Waals surface area contributed by atoms with Crippen molar-refractivity contribution in [1.82, 2.24) is 0 Å². The van der Waals surface area contributed by atoms with Gasteiger partial charge in [0.05, 0.1) is 5.92 Å². The number of halogens is 3. The Bertz CT molecular complexity index is 210. The van der Waals surface area contributed by atoms with Crippen LogP contribution in [0, 0.1) is 29.1 Å². The van der Waals surface area contributed by atoms with Crippen molar-refractivity contribution >= 4 is 0 Å². The highest BCUT2D eigenvalue weighted by molar-refractivity contribution is 4.85. The molecule has 2 unspecified atom stereocenters. The molecule has 0 nitrogen and oxygen atoms in total. The van der Waals surface area contributed by atoms with E-state index in [-0.39, 0.29) is 23.2 Å². The van der Waals surface area contributed by atoms with Crippen LogP contribution in [-0.4, -0.2) is 6.18 Å². The summed E-state index contributed by atoms with van der Waals surface area (Å²) < 4.78 is 39.3. The highest BCUT2D eigenvalue weighted by Gasteiger charge is 2.49. The average molecular weight is 238 g/mol. The molecule has 0 N–H and O–H groups in total. The van der Waals surface area contributed by atoms with Gasteiger partial charge in [0.1, 0.15) is 0 Å². The molecule has 0 aliphatic carbocycles. The standard InChI is InChI=1S/C13H25F3/c1-8(2)9(3)11(13(14,15)16)10(4)12(5,6)7/h8-11H,1-7H3/t9?,10-,11?/m1/s1. The summed E-state index contributed by atoms with van der Waals surface area (Å²) in [5.74, 6) is -1.87. The SMILES string of the molecule is CC(C)C(C)C([C@@H](C)C(C)(C)C)C(F)(F)F. The first-order valence-corrected chi connectivity index (χ1v) is 5.95. The van der Waals surface area contributed by atoms with E-state index >= 15 is 0 Å². The minimum Gasteiger partial charge on any atom is -0.171 e. The average Bonchev–Trinajstić information content (AvgIpc) is 1.99. The fourth-order valence-corrected chi connectivity index (χ4v) is 1.99. The van der Waals surface area contributed by atoms with Crippen molar-refractivity contribution in [2.75, 3.05) is 0 Å². The third kappa shape index (κ3) is 3.99. The second-order valence-electron chi connectivity index (χ2n) is 6.33. The third-order valence-electron chi connectivity index (χ3n) is 3.90. The first-order chi connectivity index (χ1) is 6.89. The van der Waals surface area contributed by atoms with E-state index in [0.717, 1.165) is 0 Å². The van der Waals surface area contributed by atoms with Gasteiger partial charge in [-0.15, -0.1) is 0 Å². The van der Waals surface area contributed by atoms with Gasteiger partial charge in [-0.1, -0.05) is 48.5 Å². The first-order valence-electron chi connectivity index (χ1n) is 5.95. The Balaban J connectivity index is 5.12. The summed E-state index contributed by atoms with van der Waals surface area (Å²) in [7, 11) is 0. The Morgan fingerprint density at radius 3 is 1.38 bits per heavy atom. The van der Waals surface area contributed by atoms with Gasteiger partial charge in [-0.05, 0) is 23.2 Å². The van der Waals surface area contributed by atoms with E-state index in [9.17, 15) is 13.2 Å². The number of hydrogen-bond donors (Lipinski definition) is 0. The zero-order valence-electron chi connectivity index (χ0n) is 11.4. The van der Waals surface area contributed by atoms with Crippen LogP contribution in [0.3, 0.4) is 0 Å². The smallest absolute Gasteiger partial charge is 0.171 e. The molecular weight excluding hydrogens is 213 g/mol. The van der Waals surface area contributed by atoms with Crippen LogP contribution in [0.15, 0.2) is 0 Å². The van der Waals surface area contributed by atoms with Crippen LogP contribution in [0.5, 0.6) is 0 Å². The summed E-state index contributed by atoms with van der Waals surface area (Å²) in [6.07, 6.45) is -4.10. The maximum Gasteiger partial charge on any atom is 0.392 e. The van der Waals surface area contributed by atoms with Crippen molar-refractivity contribution in [3.63, 3.8) is 0 Å². The van der Waals surface area contributed by atoms with Gasteiger partial charge in [0.2, 0.25) is 0 Å². The van der Waals surface area contributed by atoms with Crippen LogP contribution >= 0.6 is 0 Å². The zero-order chi connectivity index (χ0) is 13.3. The number of hydrogen-bond acceptors (Lipinski definition) is 0. The molecule has 0 aromatic carbocycles. The third-order valence-corrected chi connectivity index (χ3v) is 3.90. The molecule has 16 heavy (non-hydrogen) atoms. The van der Waals surface area contributed by atoms with Crippen molar-refractivity contribution in [3.05, 3.63) is 0 Å². The Hall–Kier alpha value is -0.210. The van der Waals surface area contributed by atoms with Crippen LogP contribution < -0.4 is 0 Å². The molecule has 0 saturated heterocycles. The predicted molar refractivity (Wildman–Crippen MR) is 62.2 cm³/mol. The van der Waals surface area contributed by atoms with Crippen LogP contribution in [0.1, 0.15) is 48.5 Å². The van der Waals surface area contributed by atoms with Crippen molar-refractivity contribution in [1.29, 1.82) is 0 Å². The molecule has 0 heterocycles. The molecule has 0 aliphatic heterocycles. The van der Waals surface area contributed by atoms with Gasteiger partial charge in [-0.3, -0.25) is 0 Å². The number of rotatable bonds is 3. The van der Waals surface area contributed by atoms with Crippen molar-refractivity contribution in [3.8, 4) is 0 Å². The molecule has 0 saturated carbocycles. The van der Waals surface area contributed by atoms with Gasteiger partial charge in [0.15, 0.2) is 0 Å². The highest BCUT2D eigenvalue weighted by atomic mass is 19.4. The Kier molecular flexibility index (Phi) is 4.90. The lowest BCUT2D eigenvalue weighted by Gasteiger charge is -2.40. The van der Waals surface area contributed by atoms with Gasteiger partial charge in [-0.25, -0.2) is 0 Å². The van der Waals surface area contributed by atoms with Crippen LogP contribution in [-0.2, 0) is 0 Å². The summed E-state index contributed by atoms with van der Waals surface area (Å²) in [6.45, 7) is 12.8. The Morgan fingerprint density at radius 1 is 0.812 bits per heavy atom. The molecule has 98 valence electrons. The van der Waals surface area contributed by atoms with Gasteiger partial charge >= 0.3 is 6.18 Å². The second kappa shape index (κ2) is 4.97. The van der Waals surface area contributed by atoms with Crippen LogP contribution in [0.4, 0.5) is 13.2 Å². The van der Waals surface area contributed by atoms with E-state index in [1.165, 1.54) is 0 Å². The van der Waals surface area contributed by atoms with E-state index < -0.39 is 12.1 Å². The minimum atomic E-state index is -4.10. The summed E-state index contributed by atoms with van der Waals surface area (Å²) in [5, 5.41) is 0. The summed E-state index contributed by atoms with van der Waals surface area (Å²) in [6, 6.07) is 0. The van der Waals surface area contributed by atoms with Crippen LogP contribution in [0.25, 0.3) is 0 Å². The van der Waals surface area contributed by atoms with Crippen molar-refractivity contribution < 1.29 is 13.2 Å². The molecule has 0 aromatic rings. The molecule has 0 amide bonds. The van der Waals surface area contributed by atoms with E-state index in [1.54, 1.807) is 13.8 Å². The van der Waals surface area contributed by atoms with Crippen molar-refractivity contribution in [2.45, 2.75) is 54.6 Å². The minimum absolute atomic E-state index is 0.0522. The lowest BCUT2D eigenvalue weighted by molar-refractivity contribution is -0.214. The normalized spacial score (nSPS) is 19.7. The lowest BCUT2D eigenvalue weighted by atomic mass is 9.67. The molecular formula is C13H25F3. The summed E-state index contributed by atoms with van der Waals surface area (Å²) in [4.78, 5) is 0. The van der Waals surface area contributed by atoms with Gasteiger partial charge in [0.25, 0.3) is 0 Å². The second-order valence-corrected chi connectivity index (χ2v) is 6.33. The van der Waals surface area contributed by atoms with E-state index in [2.05, 4.69) is 0 Å². The van der Waals surface area contributed by atoms with E-state index in [1.807, 2.05) is 34.6 Å². The van der Waals surface area contributed by atoms with Gasteiger partial charge in [-0.2, -0.15) is 13.2 Å². The predicted octanol–water partition coefficient (Wildman–Crippen LogP) is 5.14. The van der Waals surface area contributed by atoms with E-state index in [4.69, 9.17) is 0 Å². The molecule has 3 atom stereocenters. The Morgan fingerprint density at radius 2 is 1.19 bits per heavy atom. The first kappa shape index (κ1) is 15.8. The molecule has 0 spiro atoms. The molecule has 0 bridgehead atoms. The van der Waals surface area contributed by atoms with Crippen LogP contribution in [0.2, 0.25) is 0 Å². The quantitative estimate of drug-likeness (QED) is 0.638. The molecule has 3 heteroatoms. The topological polar surface area (TPSA) is 0 Å². The molecule has 0 fully saturated rings. The van der Waals surface area contributed by atoms with Crippen molar-refractivity contribution in [2.24, 2.45) is 29.1 Å². The maximum atomic E-state index is 13.1. The Labute approximate surface area is 97.6 Å². The largest absolute Gasteiger partial charge is 0.392 e. The molecule has 0 rings (SSSR count). The van der Waals surface area contributed by atoms with Gasteiger partial charge < -0.3 is 0 Å². The van der Waals surface area contributed by atoms with Gasteiger partial charge in [0, 0.05) is 0 Å². The molecule has 0 aromatic heterocycles. The summed E-state index contributed by atoms with van der Waals surface area (Å²) in [5.41, 5.74) is -0.316. The monoisotopic (exact) mass is 238 g/mol. The van der Waals surface area contributed by atoms with E-state index in [0.29, 0.717) is 0 Å². The molecule has 0 aliphatic rings. The summed E-state index contributed by atoms with van der Waals surface area (Å²) >= 11 is 0. The fraction of sp³-hybridized carbons (Fsp3) is 1.00. The molecule has 0 radical (unpaired) electrons. The zero-order valence-corrected chi connectivity index (χ0v) is 11.4. The maximum absolute atomic E-state index is 13.1. The number of alkyl halides is 3. The highest BCUT2D eigenvalue weighted by Crippen LogP contribution is 2.46.